The average Bonchev–Trinajstić information content (AvgIpc) is 2.63. The molecule has 2 aromatic heterocycles. The van der Waals surface area contributed by atoms with Crippen LogP contribution in [-0.2, 0) is 13.6 Å². The summed E-state index contributed by atoms with van der Waals surface area (Å²) in [7, 11) is 1.65. The smallest absolute Gasteiger partial charge is 0.260 e. The highest BCUT2D eigenvalue weighted by Crippen LogP contribution is 2.17. The van der Waals surface area contributed by atoms with E-state index in [2.05, 4.69) is 4.98 Å². The summed E-state index contributed by atoms with van der Waals surface area (Å²) in [5.41, 5.74) is 1.11. The van der Waals surface area contributed by atoms with Crippen molar-refractivity contribution < 1.29 is 4.79 Å². The molecule has 2 heterocycles. The number of aromatic nitrogens is 2. The van der Waals surface area contributed by atoms with Gasteiger partial charge >= 0.3 is 0 Å². The van der Waals surface area contributed by atoms with Gasteiger partial charge in [0.2, 0.25) is 0 Å². The molecule has 24 heavy (non-hydrogen) atoms. The zero-order valence-corrected chi connectivity index (χ0v) is 13.3. The van der Waals surface area contributed by atoms with Crippen LogP contribution in [0.5, 0.6) is 0 Å². The molecule has 3 aromatic rings. The molecular formula is C19H17N3O2. The predicted octanol–water partition coefficient (Wildman–Crippen LogP) is 2.63. The Bertz CT molecular complexity index is 889. The number of amides is 1. The third-order valence-corrected chi connectivity index (χ3v) is 3.71. The molecule has 0 spiro atoms. The third-order valence-electron chi connectivity index (χ3n) is 3.71. The SMILES string of the molecule is Cn1ccc(C(=O)N(Cc2ccccc2)c2ccccn2)cc1=O. The van der Waals surface area contributed by atoms with E-state index in [0.717, 1.165) is 5.56 Å². The summed E-state index contributed by atoms with van der Waals surface area (Å²) in [5.74, 6) is 0.294. The second-order valence-corrected chi connectivity index (χ2v) is 5.43. The molecule has 0 bridgehead atoms. The topological polar surface area (TPSA) is 55.2 Å². The van der Waals surface area contributed by atoms with Crippen molar-refractivity contribution in [2.75, 3.05) is 4.90 Å². The maximum atomic E-state index is 13.0. The Labute approximate surface area is 139 Å². The highest BCUT2D eigenvalue weighted by atomic mass is 16.2. The van der Waals surface area contributed by atoms with Crippen molar-refractivity contribution in [1.82, 2.24) is 9.55 Å². The first-order chi connectivity index (χ1) is 11.6. The highest BCUT2D eigenvalue weighted by molar-refractivity contribution is 6.05. The maximum Gasteiger partial charge on any atom is 0.260 e. The van der Waals surface area contributed by atoms with Crippen molar-refractivity contribution >= 4 is 11.7 Å². The van der Waals surface area contributed by atoms with Crippen LogP contribution in [0.25, 0.3) is 0 Å². The Balaban J connectivity index is 1.99. The first-order valence-electron chi connectivity index (χ1n) is 7.58. The van der Waals surface area contributed by atoms with E-state index in [4.69, 9.17) is 0 Å². The second-order valence-electron chi connectivity index (χ2n) is 5.43. The van der Waals surface area contributed by atoms with Crippen LogP contribution in [0.1, 0.15) is 15.9 Å². The van der Waals surface area contributed by atoms with Gasteiger partial charge in [0, 0.05) is 31.1 Å². The van der Waals surface area contributed by atoms with E-state index in [9.17, 15) is 9.59 Å². The fraction of sp³-hybridized carbons (Fsp3) is 0.105. The van der Waals surface area contributed by atoms with Crippen molar-refractivity contribution in [3.05, 3.63) is 94.5 Å². The van der Waals surface area contributed by atoms with Crippen LogP contribution in [0.3, 0.4) is 0 Å². The van der Waals surface area contributed by atoms with Crippen LogP contribution in [0.15, 0.2) is 77.9 Å². The summed E-state index contributed by atoms with van der Waals surface area (Å²) in [6.07, 6.45) is 3.24. The molecule has 3 rings (SSSR count). The lowest BCUT2D eigenvalue weighted by atomic mass is 10.1. The number of hydrogen-bond donors (Lipinski definition) is 0. The molecule has 0 aliphatic heterocycles. The lowest BCUT2D eigenvalue weighted by molar-refractivity contribution is 0.0984. The molecule has 0 radical (unpaired) electrons. The van der Waals surface area contributed by atoms with E-state index in [0.29, 0.717) is 17.9 Å². The van der Waals surface area contributed by atoms with Crippen molar-refractivity contribution in [2.24, 2.45) is 7.05 Å². The number of rotatable bonds is 4. The van der Waals surface area contributed by atoms with Crippen LogP contribution in [0.2, 0.25) is 0 Å². The van der Waals surface area contributed by atoms with Crippen molar-refractivity contribution in [3.8, 4) is 0 Å². The fourth-order valence-corrected chi connectivity index (χ4v) is 2.37. The summed E-state index contributed by atoms with van der Waals surface area (Å²) in [6, 6.07) is 18.1. The maximum absolute atomic E-state index is 13.0. The molecule has 5 heteroatoms. The van der Waals surface area contributed by atoms with E-state index in [1.807, 2.05) is 36.4 Å². The zero-order chi connectivity index (χ0) is 16.9. The lowest BCUT2D eigenvalue weighted by Gasteiger charge is -2.22. The number of aryl methyl sites for hydroxylation is 1. The molecule has 0 atom stereocenters. The van der Waals surface area contributed by atoms with Crippen molar-refractivity contribution in [2.45, 2.75) is 6.54 Å². The summed E-state index contributed by atoms with van der Waals surface area (Å²) >= 11 is 0. The first-order valence-corrected chi connectivity index (χ1v) is 7.58. The van der Waals surface area contributed by atoms with Crippen molar-refractivity contribution in [1.29, 1.82) is 0 Å². The van der Waals surface area contributed by atoms with Gasteiger partial charge in [-0.25, -0.2) is 4.98 Å². The Kier molecular flexibility index (Phi) is 4.52. The van der Waals surface area contributed by atoms with Gasteiger partial charge in [0.1, 0.15) is 5.82 Å². The molecule has 0 fully saturated rings. The van der Waals surface area contributed by atoms with E-state index in [1.165, 1.54) is 10.6 Å². The van der Waals surface area contributed by atoms with Gasteiger partial charge < -0.3 is 4.57 Å². The minimum atomic E-state index is -0.254. The number of nitrogens with zero attached hydrogens (tertiary/aromatic N) is 3. The average molecular weight is 319 g/mol. The van der Waals surface area contributed by atoms with Gasteiger partial charge in [-0.3, -0.25) is 14.5 Å². The van der Waals surface area contributed by atoms with Crippen LogP contribution in [-0.4, -0.2) is 15.5 Å². The number of anilines is 1. The largest absolute Gasteiger partial charge is 0.319 e. The van der Waals surface area contributed by atoms with Gasteiger partial charge in [-0.1, -0.05) is 36.4 Å². The molecule has 0 aliphatic carbocycles. The second kappa shape index (κ2) is 6.91. The number of benzene rings is 1. The monoisotopic (exact) mass is 319 g/mol. The molecule has 0 aliphatic rings. The lowest BCUT2D eigenvalue weighted by Crippen LogP contribution is -2.32. The molecule has 0 saturated carbocycles. The van der Waals surface area contributed by atoms with Crippen molar-refractivity contribution in [3.63, 3.8) is 0 Å². The van der Waals surface area contributed by atoms with E-state index >= 15 is 0 Å². The zero-order valence-electron chi connectivity index (χ0n) is 13.3. The number of carbonyl (C=O) groups excluding carboxylic acids is 1. The third kappa shape index (κ3) is 3.41. The summed E-state index contributed by atoms with van der Waals surface area (Å²) < 4.78 is 1.43. The summed E-state index contributed by atoms with van der Waals surface area (Å²) in [5, 5.41) is 0. The fourth-order valence-electron chi connectivity index (χ4n) is 2.37. The number of pyridine rings is 2. The minimum absolute atomic E-state index is 0.221. The Morgan fingerprint density at radius 3 is 2.50 bits per heavy atom. The van der Waals surface area contributed by atoms with Gasteiger partial charge in [0.15, 0.2) is 0 Å². The van der Waals surface area contributed by atoms with Crippen LogP contribution in [0.4, 0.5) is 5.82 Å². The minimum Gasteiger partial charge on any atom is -0.319 e. The van der Waals surface area contributed by atoms with Gasteiger partial charge in [-0.15, -0.1) is 0 Å². The Morgan fingerprint density at radius 1 is 1.08 bits per heavy atom. The van der Waals surface area contributed by atoms with E-state index < -0.39 is 0 Å². The van der Waals surface area contributed by atoms with E-state index in [1.54, 1.807) is 42.5 Å². The molecule has 1 aromatic carbocycles. The standard InChI is InChI=1S/C19H17N3O2/c1-21-12-10-16(13-18(21)23)19(24)22(17-9-5-6-11-20-17)14-15-7-3-2-4-8-15/h2-13H,14H2,1H3. The molecule has 0 unspecified atom stereocenters. The molecular weight excluding hydrogens is 302 g/mol. The molecule has 0 N–H and O–H groups in total. The highest BCUT2D eigenvalue weighted by Gasteiger charge is 2.19. The van der Waals surface area contributed by atoms with Crippen LogP contribution >= 0.6 is 0 Å². The number of hydrogen-bond acceptors (Lipinski definition) is 3. The van der Waals surface area contributed by atoms with Gasteiger partial charge in [-0.05, 0) is 23.8 Å². The van der Waals surface area contributed by atoms with Crippen LogP contribution in [0, 0.1) is 0 Å². The number of carbonyl (C=O) groups is 1. The van der Waals surface area contributed by atoms with Gasteiger partial charge in [-0.2, -0.15) is 0 Å². The molecule has 1 amide bonds. The summed E-state index contributed by atoms with van der Waals surface area (Å²) in [6.45, 7) is 0.381. The summed E-state index contributed by atoms with van der Waals surface area (Å²) in [4.78, 5) is 30.6. The van der Waals surface area contributed by atoms with Gasteiger partial charge in [0.05, 0.1) is 6.54 Å². The van der Waals surface area contributed by atoms with Crippen LogP contribution < -0.4 is 10.5 Å². The Hall–Kier alpha value is -3.21. The molecule has 120 valence electrons. The van der Waals surface area contributed by atoms with E-state index in [-0.39, 0.29) is 11.5 Å². The van der Waals surface area contributed by atoms with Gasteiger partial charge in [0.25, 0.3) is 11.5 Å². The Morgan fingerprint density at radius 2 is 1.83 bits per heavy atom. The molecule has 5 nitrogen and oxygen atoms in total. The quantitative estimate of drug-likeness (QED) is 0.743. The normalized spacial score (nSPS) is 10.4. The first kappa shape index (κ1) is 15.7. The molecule has 0 saturated heterocycles. The predicted molar refractivity (Wildman–Crippen MR) is 92.9 cm³/mol.